The summed E-state index contributed by atoms with van der Waals surface area (Å²) in [6, 6.07) is 7.32. The highest BCUT2D eigenvalue weighted by molar-refractivity contribution is 9.10. The standard InChI is InChI=1S/C14H19BrN2O3S/c1-16(21(2,19)20)11-7-9-17(10-8-11)14(18)12-5-3-4-6-13(12)15/h3-6,11H,7-10H2,1-2H3. The van der Waals surface area contributed by atoms with Crippen molar-refractivity contribution in [3.63, 3.8) is 0 Å². The van der Waals surface area contributed by atoms with Gasteiger partial charge in [0.15, 0.2) is 0 Å². The second-order valence-electron chi connectivity index (χ2n) is 5.28. The molecule has 1 heterocycles. The second-order valence-corrected chi connectivity index (χ2v) is 8.18. The molecule has 0 aliphatic carbocycles. The number of likely N-dealkylation sites (tertiary alicyclic amines) is 1. The maximum atomic E-state index is 12.5. The Morgan fingerprint density at radius 3 is 2.38 bits per heavy atom. The molecule has 21 heavy (non-hydrogen) atoms. The molecule has 1 fully saturated rings. The molecule has 0 unspecified atom stereocenters. The Hall–Kier alpha value is -0.920. The van der Waals surface area contributed by atoms with Gasteiger partial charge < -0.3 is 4.90 Å². The lowest BCUT2D eigenvalue weighted by Crippen LogP contribution is -2.47. The molecule has 1 saturated heterocycles. The molecule has 0 atom stereocenters. The van der Waals surface area contributed by atoms with Gasteiger partial charge in [0.2, 0.25) is 10.0 Å². The van der Waals surface area contributed by atoms with Crippen LogP contribution >= 0.6 is 15.9 Å². The molecule has 0 spiro atoms. The number of hydrogen-bond donors (Lipinski definition) is 0. The fourth-order valence-electron chi connectivity index (χ4n) is 2.51. The van der Waals surface area contributed by atoms with Crippen molar-refractivity contribution in [2.24, 2.45) is 0 Å². The molecular formula is C14H19BrN2O3S. The monoisotopic (exact) mass is 374 g/mol. The fraction of sp³-hybridized carbons (Fsp3) is 0.500. The number of carbonyl (C=O) groups is 1. The maximum Gasteiger partial charge on any atom is 0.254 e. The topological polar surface area (TPSA) is 57.7 Å². The molecule has 7 heteroatoms. The highest BCUT2D eigenvalue weighted by Crippen LogP contribution is 2.22. The number of amides is 1. The Labute approximate surface area is 134 Å². The van der Waals surface area contributed by atoms with Crippen molar-refractivity contribution in [2.45, 2.75) is 18.9 Å². The van der Waals surface area contributed by atoms with Crippen LogP contribution in [-0.4, -0.2) is 56.0 Å². The molecule has 1 amide bonds. The smallest absolute Gasteiger partial charge is 0.254 e. The first-order valence-electron chi connectivity index (χ1n) is 6.77. The van der Waals surface area contributed by atoms with Gasteiger partial charge in [0.25, 0.3) is 5.91 Å². The van der Waals surface area contributed by atoms with Crippen molar-refractivity contribution in [3.05, 3.63) is 34.3 Å². The summed E-state index contributed by atoms with van der Waals surface area (Å²) in [4.78, 5) is 14.2. The summed E-state index contributed by atoms with van der Waals surface area (Å²) in [5.41, 5.74) is 0.646. The highest BCUT2D eigenvalue weighted by atomic mass is 79.9. The average Bonchev–Trinajstić information content (AvgIpc) is 2.45. The van der Waals surface area contributed by atoms with E-state index in [2.05, 4.69) is 15.9 Å². The lowest BCUT2D eigenvalue weighted by molar-refractivity contribution is 0.0685. The molecule has 0 aromatic heterocycles. The fourth-order valence-corrected chi connectivity index (χ4v) is 3.72. The van der Waals surface area contributed by atoms with Crippen LogP contribution < -0.4 is 0 Å². The Balaban J connectivity index is 2.02. The maximum absolute atomic E-state index is 12.5. The van der Waals surface area contributed by atoms with Crippen LogP contribution in [0.1, 0.15) is 23.2 Å². The summed E-state index contributed by atoms with van der Waals surface area (Å²) in [7, 11) is -1.57. The number of carbonyl (C=O) groups excluding carboxylic acids is 1. The average molecular weight is 375 g/mol. The predicted octanol–water partition coefficient (Wildman–Crippen LogP) is 1.95. The van der Waals surface area contributed by atoms with Crippen LogP contribution in [-0.2, 0) is 10.0 Å². The molecule has 0 saturated carbocycles. The first-order chi connectivity index (χ1) is 9.80. The number of sulfonamides is 1. The van der Waals surface area contributed by atoms with Gasteiger partial charge >= 0.3 is 0 Å². The third-order valence-electron chi connectivity index (χ3n) is 3.89. The number of benzene rings is 1. The van der Waals surface area contributed by atoms with E-state index in [1.54, 1.807) is 18.0 Å². The Bertz CT molecular complexity index is 625. The van der Waals surface area contributed by atoms with Crippen LogP contribution in [0.3, 0.4) is 0 Å². The van der Waals surface area contributed by atoms with Crippen LogP contribution in [0.2, 0.25) is 0 Å². The van der Waals surface area contributed by atoms with Crippen molar-refractivity contribution < 1.29 is 13.2 Å². The van der Waals surface area contributed by atoms with Crippen LogP contribution in [0.15, 0.2) is 28.7 Å². The number of piperidine rings is 1. The molecular weight excluding hydrogens is 356 g/mol. The van der Waals surface area contributed by atoms with Crippen molar-refractivity contribution in [1.29, 1.82) is 0 Å². The Morgan fingerprint density at radius 2 is 1.86 bits per heavy atom. The minimum Gasteiger partial charge on any atom is -0.338 e. The van der Waals surface area contributed by atoms with Crippen molar-refractivity contribution >= 4 is 31.9 Å². The Morgan fingerprint density at radius 1 is 1.29 bits per heavy atom. The van der Waals surface area contributed by atoms with Gasteiger partial charge in [-0.1, -0.05) is 12.1 Å². The van der Waals surface area contributed by atoms with E-state index < -0.39 is 10.0 Å². The highest BCUT2D eigenvalue weighted by Gasteiger charge is 2.29. The normalized spacial score (nSPS) is 17.2. The minimum atomic E-state index is -3.18. The minimum absolute atomic E-state index is 0.0112. The summed E-state index contributed by atoms with van der Waals surface area (Å²) in [5, 5.41) is 0. The molecule has 1 aromatic rings. The molecule has 5 nitrogen and oxygen atoms in total. The van der Waals surface area contributed by atoms with Gasteiger partial charge in [0.05, 0.1) is 11.8 Å². The third-order valence-corrected chi connectivity index (χ3v) is 5.93. The summed E-state index contributed by atoms with van der Waals surface area (Å²) in [5.74, 6) is -0.0112. The van der Waals surface area contributed by atoms with E-state index in [9.17, 15) is 13.2 Å². The first kappa shape index (κ1) is 16.5. The van der Waals surface area contributed by atoms with E-state index in [1.807, 2.05) is 18.2 Å². The van der Waals surface area contributed by atoms with Crippen LogP contribution in [0, 0.1) is 0 Å². The summed E-state index contributed by atoms with van der Waals surface area (Å²) in [6.45, 7) is 1.15. The van der Waals surface area contributed by atoms with Gasteiger partial charge in [0.1, 0.15) is 0 Å². The van der Waals surface area contributed by atoms with Crippen molar-refractivity contribution in [1.82, 2.24) is 9.21 Å². The van der Waals surface area contributed by atoms with Crippen molar-refractivity contribution in [3.8, 4) is 0 Å². The van der Waals surface area contributed by atoms with Crippen LogP contribution in [0.4, 0.5) is 0 Å². The quantitative estimate of drug-likeness (QED) is 0.812. The van der Waals surface area contributed by atoms with Crippen LogP contribution in [0.5, 0.6) is 0 Å². The van der Waals surface area contributed by atoms with Gasteiger partial charge in [-0.3, -0.25) is 4.79 Å². The van der Waals surface area contributed by atoms with E-state index in [1.165, 1.54) is 10.6 Å². The molecule has 1 aromatic carbocycles. The van der Waals surface area contributed by atoms with E-state index in [4.69, 9.17) is 0 Å². The van der Waals surface area contributed by atoms with Gasteiger partial charge in [-0.25, -0.2) is 12.7 Å². The number of rotatable bonds is 3. The number of halogens is 1. The Kier molecular flexibility index (Phi) is 5.06. The zero-order valence-corrected chi connectivity index (χ0v) is 14.5. The first-order valence-corrected chi connectivity index (χ1v) is 9.41. The molecule has 116 valence electrons. The van der Waals surface area contributed by atoms with Gasteiger partial charge in [0, 0.05) is 30.7 Å². The SMILES string of the molecule is CN(C1CCN(C(=O)c2ccccc2Br)CC1)S(C)(=O)=O. The zero-order chi connectivity index (χ0) is 15.6. The molecule has 2 rings (SSSR count). The van der Waals surface area contributed by atoms with E-state index in [0.717, 1.165) is 4.47 Å². The van der Waals surface area contributed by atoms with E-state index in [0.29, 0.717) is 31.5 Å². The summed E-state index contributed by atoms with van der Waals surface area (Å²) in [6.07, 6.45) is 2.55. The van der Waals surface area contributed by atoms with Crippen molar-refractivity contribution in [2.75, 3.05) is 26.4 Å². The largest absolute Gasteiger partial charge is 0.338 e. The lowest BCUT2D eigenvalue weighted by Gasteiger charge is -2.35. The molecule has 1 aliphatic heterocycles. The lowest BCUT2D eigenvalue weighted by atomic mass is 10.0. The zero-order valence-electron chi connectivity index (χ0n) is 12.1. The third kappa shape index (κ3) is 3.84. The molecule has 0 N–H and O–H groups in total. The molecule has 1 aliphatic rings. The second kappa shape index (κ2) is 6.46. The summed E-state index contributed by atoms with van der Waals surface area (Å²) < 4.78 is 25.3. The van der Waals surface area contributed by atoms with Gasteiger partial charge in [-0.05, 0) is 40.9 Å². The predicted molar refractivity (Wildman–Crippen MR) is 85.7 cm³/mol. The number of hydrogen-bond acceptors (Lipinski definition) is 3. The van der Waals surface area contributed by atoms with Crippen LogP contribution in [0.25, 0.3) is 0 Å². The van der Waals surface area contributed by atoms with Gasteiger partial charge in [-0.2, -0.15) is 0 Å². The molecule has 0 bridgehead atoms. The number of nitrogens with zero attached hydrogens (tertiary/aromatic N) is 2. The van der Waals surface area contributed by atoms with E-state index in [-0.39, 0.29) is 11.9 Å². The van der Waals surface area contributed by atoms with E-state index >= 15 is 0 Å². The summed E-state index contributed by atoms with van der Waals surface area (Å²) >= 11 is 3.39. The van der Waals surface area contributed by atoms with Gasteiger partial charge in [-0.15, -0.1) is 0 Å². The molecule has 0 radical (unpaired) electrons.